The Balaban J connectivity index is 1.17. The van der Waals surface area contributed by atoms with Gasteiger partial charge in [-0.1, -0.05) is 161 Å². The Morgan fingerprint density at radius 3 is 1.07 bits per heavy atom. The molecule has 0 bridgehead atoms. The molecule has 12 rings (SSSR count). The standard InChI is InChI=1S/C60H46/c1-33(2)53-31-57(45-19-11-17-43-47(45)23-21-41-35(5)39-15-9-7-13-37(39)29-55(41)43)51-28-26-50-54(34(3)4)32-58(52-27-25-49(53)59(51)60(50)52)46-20-12-18-44-48(46)24-22-42-36(6)40-16-10-8-14-38(40)30-56(42)44/h7-34H,1-6H3. The molecule has 0 unspecified atom stereocenters. The molecule has 0 aliphatic heterocycles. The van der Waals surface area contributed by atoms with Crippen LogP contribution in [0.4, 0.5) is 0 Å². The Bertz CT molecular complexity index is 3530. The van der Waals surface area contributed by atoms with Crippen LogP contribution in [-0.2, 0) is 0 Å². The number of aryl methyl sites for hydroxylation is 2. The lowest BCUT2D eigenvalue weighted by Crippen LogP contribution is -1.99. The van der Waals surface area contributed by atoms with Crippen molar-refractivity contribution in [3.63, 3.8) is 0 Å². The van der Waals surface area contributed by atoms with Gasteiger partial charge in [0.15, 0.2) is 0 Å². The van der Waals surface area contributed by atoms with Crippen LogP contribution in [0.3, 0.4) is 0 Å². The maximum atomic E-state index is 2.52. The minimum absolute atomic E-state index is 0.355. The van der Waals surface area contributed by atoms with E-state index in [2.05, 4.69) is 199 Å². The fourth-order valence-electron chi connectivity index (χ4n) is 11.2. The lowest BCUT2D eigenvalue weighted by atomic mass is 9.80. The molecule has 0 fully saturated rings. The van der Waals surface area contributed by atoms with Crippen LogP contribution < -0.4 is 0 Å². The van der Waals surface area contributed by atoms with E-state index in [1.807, 2.05) is 0 Å². The third kappa shape index (κ3) is 4.85. The first-order valence-electron chi connectivity index (χ1n) is 21.7. The predicted molar refractivity (Wildman–Crippen MR) is 264 cm³/mol. The predicted octanol–water partition coefficient (Wildman–Crippen LogP) is 17.7. The maximum Gasteiger partial charge on any atom is -0.00174 e. The van der Waals surface area contributed by atoms with Gasteiger partial charge in [-0.05, 0) is 191 Å². The summed E-state index contributed by atoms with van der Waals surface area (Å²) in [7, 11) is 0. The normalized spacial score (nSPS) is 12.5. The average Bonchev–Trinajstić information content (AvgIpc) is 3.27. The van der Waals surface area contributed by atoms with Crippen molar-refractivity contribution in [2.45, 2.75) is 53.4 Å². The van der Waals surface area contributed by atoms with Gasteiger partial charge in [0.1, 0.15) is 0 Å². The largest absolute Gasteiger partial charge is 0.0616 e. The summed E-state index contributed by atoms with van der Waals surface area (Å²) in [5.41, 5.74) is 10.7. The van der Waals surface area contributed by atoms with Crippen LogP contribution in [0.15, 0.2) is 158 Å². The van der Waals surface area contributed by atoms with Crippen molar-refractivity contribution in [2.24, 2.45) is 0 Å². The zero-order chi connectivity index (χ0) is 40.6. The van der Waals surface area contributed by atoms with Crippen LogP contribution in [0.25, 0.3) is 119 Å². The summed E-state index contributed by atoms with van der Waals surface area (Å²) >= 11 is 0. The molecule has 0 spiro atoms. The molecular weight excluding hydrogens is 721 g/mol. The molecule has 0 nitrogen and oxygen atoms in total. The first-order valence-corrected chi connectivity index (χ1v) is 21.7. The highest BCUT2D eigenvalue weighted by Crippen LogP contribution is 2.49. The summed E-state index contributed by atoms with van der Waals surface area (Å²) in [6.07, 6.45) is 0. The van der Waals surface area contributed by atoms with Gasteiger partial charge in [0, 0.05) is 0 Å². The first-order chi connectivity index (χ1) is 29.3. The van der Waals surface area contributed by atoms with Crippen LogP contribution in [0.1, 0.15) is 61.8 Å². The van der Waals surface area contributed by atoms with Gasteiger partial charge in [-0.15, -0.1) is 0 Å². The number of hydrogen-bond donors (Lipinski definition) is 0. The molecule has 0 aliphatic rings. The number of fused-ring (bicyclic) bond motifs is 8. The molecular formula is C60H46. The molecule has 286 valence electrons. The van der Waals surface area contributed by atoms with Crippen molar-refractivity contribution in [1.82, 2.24) is 0 Å². The van der Waals surface area contributed by atoms with Gasteiger partial charge in [-0.2, -0.15) is 0 Å². The van der Waals surface area contributed by atoms with E-state index < -0.39 is 0 Å². The fraction of sp³-hybridized carbons (Fsp3) is 0.133. The third-order valence-corrected chi connectivity index (χ3v) is 14.1. The smallest absolute Gasteiger partial charge is 0.00174 e. The molecule has 0 saturated carbocycles. The second kappa shape index (κ2) is 12.9. The minimum Gasteiger partial charge on any atom is -0.0616 e. The topological polar surface area (TPSA) is 0 Å². The Labute approximate surface area is 351 Å². The molecule has 0 saturated heterocycles. The van der Waals surface area contributed by atoms with Crippen molar-refractivity contribution in [3.8, 4) is 22.3 Å². The summed E-state index contributed by atoms with van der Waals surface area (Å²) in [6.45, 7) is 14.0. The van der Waals surface area contributed by atoms with Crippen LogP contribution in [0, 0.1) is 13.8 Å². The summed E-state index contributed by atoms with van der Waals surface area (Å²) < 4.78 is 0. The van der Waals surface area contributed by atoms with Crippen molar-refractivity contribution < 1.29 is 0 Å². The highest BCUT2D eigenvalue weighted by atomic mass is 14.3. The van der Waals surface area contributed by atoms with E-state index in [1.54, 1.807) is 0 Å². The minimum atomic E-state index is 0.355. The highest BCUT2D eigenvalue weighted by molar-refractivity contribution is 6.31. The molecule has 0 aliphatic carbocycles. The van der Waals surface area contributed by atoms with Gasteiger partial charge in [-0.3, -0.25) is 0 Å². The van der Waals surface area contributed by atoms with Crippen LogP contribution >= 0.6 is 0 Å². The summed E-state index contributed by atoms with van der Waals surface area (Å²) in [5, 5.41) is 24.0. The molecule has 0 amide bonds. The van der Waals surface area contributed by atoms with Gasteiger partial charge in [-0.25, -0.2) is 0 Å². The zero-order valence-electron chi connectivity index (χ0n) is 35.2. The Hall–Kier alpha value is -6.76. The molecule has 0 atom stereocenters. The Morgan fingerprint density at radius 1 is 0.267 bits per heavy atom. The van der Waals surface area contributed by atoms with Crippen molar-refractivity contribution in [1.29, 1.82) is 0 Å². The maximum absolute atomic E-state index is 2.52. The molecule has 12 aromatic rings. The highest BCUT2D eigenvalue weighted by Gasteiger charge is 2.23. The lowest BCUT2D eigenvalue weighted by Gasteiger charge is -2.24. The SMILES string of the molecule is Cc1c2ccccc2cc2c1ccc1c(-c3cc(C(C)C)c4ccc5c(-c6cccc7c6ccc6c(C)c8ccccc8cc67)cc(C(C)C)c6ccc3c4c56)cccc12. The third-order valence-electron chi connectivity index (χ3n) is 14.1. The fourth-order valence-corrected chi connectivity index (χ4v) is 11.2. The first kappa shape index (κ1) is 35.2. The number of rotatable bonds is 4. The van der Waals surface area contributed by atoms with E-state index in [-0.39, 0.29) is 0 Å². The van der Waals surface area contributed by atoms with Gasteiger partial charge < -0.3 is 0 Å². The van der Waals surface area contributed by atoms with E-state index in [0.29, 0.717) is 11.8 Å². The van der Waals surface area contributed by atoms with Gasteiger partial charge in [0.2, 0.25) is 0 Å². The van der Waals surface area contributed by atoms with Gasteiger partial charge in [0.05, 0.1) is 0 Å². The number of hydrogen-bond acceptors (Lipinski definition) is 0. The summed E-state index contributed by atoms with van der Waals surface area (Å²) in [5.74, 6) is 0.709. The van der Waals surface area contributed by atoms with Crippen LogP contribution in [0.2, 0.25) is 0 Å². The van der Waals surface area contributed by atoms with Crippen molar-refractivity contribution in [2.75, 3.05) is 0 Å². The van der Waals surface area contributed by atoms with Gasteiger partial charge in [0.25, 0.3) is 0 Å². The van der Waals surface area contributed by atoms with Gasteiger partial charge >= 0.3 is 0 Å². The molecule has 0 heteroatoms. The second-order valence-electron chi connectivity index (χ2n) is 18.0. The summed E-state index contributed by atoms with van der Waals surface area (Å²) in [6, 6.07) is 60.6. The Morgan fingerprint density at radius 2 is 0.633 bits per heavy atom. The Kier molecular flexibility index (Phi) is 7.55. The molecule has 0 aromatic heterocycles. The quantitative estimate of drug-likeness (QED) is 0.124. The van der Waals surface area contributed by atoms with Crippen LogP contribution in [0.5, 0.6) is 0 Å². The van der Waals surface area contributed by atoms with E-state index in [1.165, 1.54) is 141 Å². The molecule has 0 N–H and O–H groups in total. The van der Waals surface area contributed by atoms with E-state index in [4.69, 9.17) is 0 Å². The van der Waals surface area contributed by atoms with E-state index in [9.17, 15) is 0 Å². The molecule has 60 heavy (non-hydrogen) atoms. The molecule has 12 aromatic carbocycles. The molecule has 0 radical (unpaired) electrons. The second-order valence-corrected chi connectivity index (χ2v) is 18.0. The van der Waals surface area contributed by atoms with Crippen molar-refractivity contribution in [3.05, 3.63) is 180 Å². The average molecular weight is 767 g/mol. The van der Waals surface area contributed by atoms with E-state index >= 15 is 0 Å². The van der Waals surface area contributed by atoms with E-state index in [0.717, 1.165) is 0 Å². The van der Waals surface area contributed by atoms with Crippen LogP contribution in [-0.4, -0.2) is 0 Å². The monoisotopic (exact) mass is 766 g/mol. The number of benzene rings is 12. The van der Waals surface area contributed by atoms with Crippen molar-refractivity contribution >= 4 is 97.0 Å². The summed E-state index contributed by atoms with van der Waals surface area (Å²) in [4.78, 5) is 0. The molecule has 0 heterocycles. The zero-order valence-corrected chi connectivity index (χ0v) is 35.2. The lowest BCUT2D eigenvalue weighted by molar-refractivity contribution is 0.876.